The number of nitrogens with zero attached hydrogens (tertiary/aromatic N) is 4. The third kappa shape index (κ3) is 9.67. The summed E-state index contributed by atoms with van der Waals surface area (Å²) in [6, 6.07) is 82.6. The van der Waals surface area contributed by atoms with Gasteiger partial charge in [-0.1, -0.05) is 121 Å². The summed E-state index contributed by atoms with van der Waals surface area (Å²) in [7, 11) is 3.24. The molecule has 6 nitrogen and oxygen atoms in total. The van der Waals surface area contributed by atoms with Crippen LogP contribution >= 0.6 is 0 Å². The molecule has 0 saturated carbocycles. The van der Waals surface area contributed by atoms with Crippen molar-refractivity contribution in [2.24, 2.45) is 0 Å². The Morgan fingerprint density at radius 2 is 0.676 bits per heavy atom. The van der Waals surface area contributed by atoms with Gasteiger partial charge in [-0.3, -0.25) is 0 Å². The van der Waals surface area contributed by atoms with E-state index in [4.69, 9.17) is 9.47 Å². The van der Waals surface area contributed by atoms with E-state index in [0.29, 0.717) is 22.6 Å². The highest BCUT2D eigenvalue weighted by Gasteiger charge is 2.18. The maximum atomic E-state index is 10.8. The molecule has 0 spiro atoms. The lowest BCUT2D eigenvalue weighted by Crippen LogP contribution is -2.09. The van der Waals surface area contributed by atoms with E-state index in [9.17, 15) is 10.5 Å². The van der Waals surface area contributed by atoms with Gasteiger partial charge in [0.1, 0.15) is 11.5 Å². The number of methoxy groups -OCH3 is 2. The van der Waals surface area contributed by atoms with E-state index < -0.39 is 0 Å². The predicted octanol–water partition coefficient (Wildman–Crippen LogP) is 16.1. The van der Waals surface area contributed by atoms with Crippen molar-refractivity contribution in [1.29, 1.82) is 10.5 Å². The number of para-hydroxylation sites is 4. The van der Waals surface area contributed by atoms with Crippen LogP contribution in [-0.2, 0) is 0 Å². The SMILES string of the molecule is COc1cccc(/C(C#N)=C/c2cc(-c3ccc(N(c4ccccc4)c4ccccc4)cc3)c(/C=C(\C#N)c3cccc(OC)c3)cc2-c2ccc(N(c3ccccc3)c3ccccc3)cc2)c1. The number of hydrogen-bond acceptors (Lipinski definition) is 6. The van der Waals surface area contributed by atoms with Crippen molar-refractivity contribution < 1.29 is 9.47 Å². The van der Waals surface area contributed by atoms with Crippen LogP contribution in [0.15, 0.2) is 231 Å². The molecule has 0 aliphatic carbocycles. The topological polar surface area (TPSA) is 72.5 Å². The molecule has 6 heteroatoms. The Kier molecular flexibility index (Phi) is 13.3. The molecule has 0 heterocycles. The summed E-state index contributed by atoms with van der Waals surface area (Å²) in [5.41, 5.74) is 13.8. The molecule has 0 amide bonds. The second kappa shape index (κ2) is 20.6. The fourth-order valence-electron chi connectivity index (χ4n) is 8.41. The quantitative estimate of drug-likeness (QED) is 0.0800. The Labute approximate surface area is 398 Å². The van der Waals surface area contributed by atoms with Crippen molar-refractivity contribution in [3.05, 3.63) is 253 Å². The van der Waals surface area contributed by atoms with Crippen LogP contribution in [0.4, 0.5) is 34.1 Å². The zero-order valence-corrected chi connectivity index (χ0v) is 37.7. The smallest absolute Gasteiger partial charge is 0.119 e. The van der Waals surface area contributed by atoms with Crippen LogP contribution in [0.1, 0.15) is 22.3 Å². The maximum absolute atomic E-state index is 10.8. The van der Waals surface area contributed by atoms with Gasteiger partial charge in [0.15, 0.2) is 0 Å². The molecule has 0 saturated heterocycles. The molecule has 9 aromatic rings. The summed E-state index contributed by atoms with van der Waals surface area (Å²) < 4.78 is 11.2. The fraction of sp³-hybridized carbons (Fsp3) is 0.0323. The third-order valence-corrected chi connectivity index (χ3v) is 11.8. The normalized spacial score (nSPS) is 11.2. The lowest BCUT2D eigenvalue weighted by atomic mass is 9.88. The minimum Gasteiger partial charge on any atom is -0.497 e. The molecule has 0 unspecified atom stereocenters. The highest BCUT2D eigenvalue weighted by molar-refractivity contribution is 5.99. The zero-order valence-electron chi connectivity index (χ0n) is 37.7. The van der Waals surface area contributed by atoms with E-state index >= 15 is 0 Å². The van der Waals surface area contributed by atoms with E-state index in [1.54, 1.807) is 14.2 Å². The summed E-state index contributed by atoms with van der Waals surface area (Å²) in [5.74, 6) is 1.31. The van der Waals surface area contributed by atoms with Crippen molar-refractivity contribution in [3.8, 4) is 45.9 Å². The van der Waals surface area contributed by atoms with Gasteiger partial charge < -0.3 is 19.3 Å². The van der Waals surface area contributed by atoms with Gasteiger partial charge in [0, 0.05) is 34.1 Å². The first-order valence-corrected chi connectivity index (χ1v) is 22.3. The van der Waals surface area contributed by atoms with Crippen molar-refractivity contribution in [2.45, 2.75) is 0 Å². The van der Waals surface area contributed by atoms with Gasteiger partial charge in [0.2, 0.25) is 0 Å². The number of benzene rings is 9. The monoisotopic (exact) mass is 878 g/mol. The molecule has 9 aromatic carbocycles. The van der Waals surface area contributed by atoms with Crippen LogP contribution in [0.25, 0.3) is 45.6 Å². The summed E-state index contributed by atoms with van der Waals surface area (Å²) in [5, 5.41) is 21.6. The molecule has 0 aliphatic heterocycles. The Hall–Kier alpha value is -9.36. The van der Waals surface area contributed by atoms with Crippen LogP contribution < -0.4 is 19.3 Å². The summed E-state index contributed by atoms with van der Waals surface area (Å²) >= 11 is 0. The molecule has 326 valence electrons. The van der Waals surface area contributed by atoms with Crippen molar-refractivity contribution in [1.82, 2.24) is 0 Å². The van der Waals surface area contributed by atoms with Gasteiger partial charge in [-0.2, -0.15) is 10.5 Å². The second-order valence-electron chi connectivity index (χ2n) is 15.9. The molecular weight excluding hydrogens is 833 g/mol. The van der Waals surface area contributed by atoms with Crippen molar-refractivity contribution in [3.63, 3.8) is 0 Å². The lowest BCUT2D eigenvalue weighted by molar-refractivity contribution is 0.414. The summed E-state index contributed by atoms with van der Waals surface area (Å²) in [6.45, 7) is 0. The zero-order chi connectivity index (χ0) is 46.7. The van der Waals surface area contributed by atoms with Crippen LogP contribution in [0.5, 0.6) is 11.5 Å². The van der Waals surface area contributed by atoms with E-state index in [-0.39, 0.29) is 0 Å². The predicted molar refractivity (Wildman–Crippen MR) is 280 cm³/mol. The fourth-order valence-corrected chi connectivity index (χ4v) is 8.41. The molecule has 68 heavy (non-hydrogen) atoms. The van der Waals surface area contributed by atoms with Gasteiger partial charge in [-0.15, -0.1) is 0 Å². The molecule has 0 atom stereocenters. The highest BCUT2D eigenvalue weighted by Crippen LogP contribution is 2.41. The maximum Gasteiger partial charge on any atom is 0.119 e. The van der Waals surface area contributed by atoms with Crippen molar-refractivity contribution in [2.75, 3.05) is 24.0 Å². The van der Waals surface area contributed by atoms with Crippen molar-refractivity contribution >= 4 is 57.4 Å². The first-order chi connectivity index (χ1) is 33.5. The molecule has 0 radical (unpaired) electrons. The molecule has 0 aromatic heterocycles. The lowest BCUT2D eigenvalue weighted by Gasteiger charge is -2.26. The standard InChI is InChI=1S/C62H46N4O2/c1-67-59-27-15-17-47(39-59)51(43-63)37-49-41-62(46-31-35-58(36-32-46)66(55-23-11-5-12-24-55)56-25-13-6-14-26-56)50(38-52(44-64)48-18-16-28-60(40-48)68-2)42-61(49)45-29-33-57(34-30-45)65(53-19-7-3-8-20-53)54-21-9-4-10-22-54/h3-42H,1-2H3/b51-37+,52-38+. The van der Waals surface area contributed by atoms with Crippen LogP contribution in [0, 0.1) is 22.7 Å². The van der Waals surface area contributed by atoms with E-state index in [1.807, 2.05) is 133 Å². The minimum atomic E-state index is 0.473. The largest absolute Gasteiger partial charge is 0.497 e. The first kappa shape index (κ1) is 43.9. The van der Waals surface area contributed by atoms with Gasteiger partial charge in [-0.25, -0.2) is 0 Å². The van der Waals surface area contributed by atoms with E-state index in [1.165, 1.54) is 0 Å². The van der Waals surface area contributed by atoms with E-state index in [0.717, 1.165) is 78.6 Å². The Morgan fingerprint density at radius 1 is 0.368 bits per heavy atom. The molecule has 0 fully saturated rings. The Morgan fingerprint density at radius 3 is 0.971 bits per heavy atom. The Balaban J connectivity index is 1.25. The molecule has 0 N–H and O–H groups in total. The van der Waals surface area contributed by atoms with Gasteiger partial charge in [-0.05, 0) is 166 Å². The Bertz CT molecular complexity index is 3000. The third-order valence-electron chi connectivity index (χ3n) is 11.8. The average Bonchev–Trinajstić information content (AvgIpc) is 3.41. The van der Waals surface area contributed by atoms with Gasteiger partial charge >= 0.3 is 0 Å². The molecular formula is C62H46N4O2. The van der Waals surface area contributed by atoms with Gasteiger partial charge in [0.25, 0.3) is 0 Å². The van der Waals surface area contributed by atoms with Crippen LogP contribution in [-0.4, -0.2) is 14.2 Å². The molecule has 0 aliphatic rings. The minimum absolute atomic E-state index is 0.473. The molecule has 9 rings (SSSR count). The van der Waals surface area contributed by atoms with Crippen LogP contribution in [0.2, 0.25) is 0 Å². The number of rotatable bonds is 14. The van der Waals surface area contributed by atoms with Crippen LogP contribution in [0.3, 0.4) is 0 Å². The summed E-state index contributed by atoms with van der Waals surface area (Å²) in [6.07, 6.45) is 3.90. The number of nitriles is 2. The highest BCUT2D eigenvalue weighted by atomic mass is 16.5. The first-order valence-electron chi connectivity index (χ1n) is 22.3. The second-order valence-corrected chi connectivity index (χ2v) is 15.9. The van der Waals surface area contributed by atoms with Gasteiger partial charge in [0.05, 0.1) is 37.5 Å². The molecule has 0 bridgehead atoms. The summed E-state index contributed by atoms with van der Waals surface area (Å²) in [4.78, 5) is 4.46. The van der Waals surface area contributed by atoms with E-state index in [2.05, 4.69) is 131 Å². The number of hydrogen-bond donors (Lipinski definition) is 0. The number of anilines is 6. The number of allylic oxidation sites excluding steroid dienone is 2. The number of ether oxygens (including phenoxy) is 2. The average molecular weight is 879 g/mol.